The number of fused-ring (bicyclic) bond motifs is 3. The van der Waals surface area contributed by atoms with Crippen LogP contribution in [0.1, 0.15) is 74.8 Å². The summed E-state index contributed by atoms with van der Waals surface area (Å²) in [6.07, 6.45) is 6.68. The topological polar surface area (TPSA) is 47.1 Å². The van der Waals surface area contributed by atoms with Gasteiger partial charge in [-0.3, -0.25) is 0 Å². The van der Waals surface area contributed by atoms with E-state index in [1.807, 2.05) is 25.2 Å². The lowest BCUT2D eigenvalue weighted by atomic mass is 9.98. The third kappa shape index (κ3) is 6.92. The summed E-state index contributed by atoms with van der Waals surface area (Å²) in [5, 5.41) is 2.73. The van der Waals surface area contributed by atoms with Crippen LogP contribution in [-0.4, -0.2) is 22.8 Å². The van der Waals surface area contributed by atoms with Gasteiger partial charge in [-0.05, 0) is 61.8 Å². The molecule has 5 rings (SSSR count). The van der Waals surface area contributed by atoms with Crippen molar-refractivity contribution in [3.8, 4) is 0 Å². The van der Waals surface area contributed by atoms with E-state index in [1.165, 1.54) is 67.1 Å². The Morgan fingerprint density at radius 2 is 1.55 bits per heavy atom. The molecule has 0 unspecified atom stereocenters. The van der Waals surface area contributed by atoms with E-state index in [0.29, 0.717) is 0 Å². The first kappa shape index (κ1) is 29.6. The minimum Gasteiger partial charge on any atom is -0.412 e. The number of thiophene rings is 1. The van der Waals surface area contributed by atoms with Gasteiger partial charge in [0.25, 0.3) is 0 Å². The van der Waals surface area contributed by atoms with Crippen LogP contribution in [0.3, 0.4) is 0 Å². The molecule has 38 heavy (non-hydrogen) atoms. The lowest BCUT2D eigenvalue weighted by molar-refractivity contribution is 0.404. The summed E-state index contributed by atoms with van der Waals surface area (Å²) in [6.45, 7) is 12.7. The molecule has 1 aliphatic heterocycles. The van der Waals surface area contributed by atoms with Crippen LogP contribution in [-0.2, 0) is 25.8 Å². The number of unbranched alkanes of at least 4 members (excludes halogenated alkanes) is 1. The number of aliphatic imine (C=N–C) groups is 1. The van der Waals surface area contributed by atoms with Gasteiger partial charge in [0.2, 0.25) is 0 Å². The summed E-state index contributed by atoms with van der Waals surface area (Å²) in [4.78, 5) is 7.89. The highest BCUT2D eigenvalue weighted by atomic mass is 32.1. The predicted octanol–water partition coefficient (Wildman–Crippen LogP) is 9.03. The van der Waals surface area contributed by atoms with Gasteiger partial charge < -0.3 is 10.4 Å². The summed E-state index contributed by atoms with van der Waals surface area (Å²) in [7, 11) is 0. The van der Waals surface area contributed by atoms with E-state index in [2.05, 4.69) is 92.4 Å². The molecule has 0 radical (unpaired) electrons. The molecule has 0 amide bonds. The van der Waals surface area contributed by atoms with Crippen LogP contribution < -0.4 is 0 Å². The molecule has 0 aliphatic carbocycles. The molecule has 3 nitrogen and oxygen atoms in total. The molecule has 0 atom stereocenters. The van der Waals surface area contributed by atoms with Gasteiger partial charge >= 0.3 is 0 Å². The third-order valence-electron chi connectivity index (χ3n) is 7.21. The number of amidine groups is 1. The molecule has 4 aromatic rings. The molecule has 1 aliphatic rings. The number of benzene rings is 3. The molecule has 3 aromatic carbocycles. The van der Waals surface area contributed by atoms with Crippen molar-refractivity contribution in [3.63, 3.8) is 0 Å². The fraction of sp³-hybridized carbons (Fsp3) is 0.382. The van der Waals surface area contributed by atoms with Crippen molar-refractivity contribution in [2.75, 3.05) is 6.54 Å². The van der Waals surface area contributed by atoms with Gasteiger partial charge in [0.1, 0.15) is 10.8 Å². The van der Waals surface area contributed by atoms with Gasteiger partial charge in [-0.15, -0.1) is 11.3 Å². The Labute approximate surface area is 235 Å². The smallest absolute Gasteiger partial charge is 0.124 e. The molecular formula is C34H46N2OS. The van der Waals surface area contributed by atoms with Gasteiger partial charge in [0, 0.05) is 36.6 Å². The second-order valence-electron chi connectivity index (χ2n) is 9.91. The van der Waals surface area contributed by atoms with E-state index in [1.54, 1.807) is 0 Å². The van der Waals surface area contributed by atoms with E-state index in [-0.39, 0.29) is 6.90 Å². The van der Waals surface area contributed by atoms with Crippen LogP contribution in [0.5, 0.6) is 0 Å². The Balaban J connectivity index is 0.00000130. The third-order valence-corrected chi connectivity index (χ3v) is 8.48. The summed E-state index contributed by atoms with van der Waals surface area (Å²) in [6, 6.07) is 24.5. The van der Waals surface area contributed by atoms with Gasteiger partial charge in [-0.1, -0.05) is 99.5 Å². The molecule has 0 saturated carbocycles. The monoisotopic (exact) mass is 530 g/mol. The molecule has 0 bridgehead atoms. The number of hydrogen-bond donors (Lipinski definition) is 0. The highest BCUT2D eigenvalue weighted by Gasteiger charge is 2.25. The lowest BCUT2D eigenvalue weighted by Crippen LogP contribution is -2.34. The number of aryl methyl sites for hydroxylation is 4. The number of nitrogens with zero attached hydrogens (tertiary/aromatic N) is 2. The van der Waals surface area contributed by atoms with Crippen LogP contribution >= 0.6 is 11.3 Å². The van der Waals surface area contributed by atoms with Crippen molar-refractivity contribution in [1.82, 2.24) is 4.90 Å². The zero-order valence-corrected chi connectivity index (χ0v) is 24.6. The maximum absolute atomic E-state index is 5.33. The van der Waals surface area contributed by atoms with E-state index in [9.17, 15) is 0 Å². The van der Waals surface area contributed by atoms with E-state index in [0.717, 1.165) is 38.8 Å². The van der Waals surface area contributed by atoms with Gasteiger partial charge in [-0.25, -0.2) is 4.99 Å². The zero-order chi connectivity index (χ0) is 26.2. The average Bonchev–Trinajstić information content (AvgIpc) is 3.32. The standard InChI is InChI=1S/C32H36N2S.C2H6.H2O.H2/c1-4-5-11-27-18-14-24(3)31-30(27)28-22-34(21-20-26-15-12-23(2)13-16-26)29(33-32(28)35-31)19-17-25-9-7-6-8-10-25;1-2;;/h6-10,12-16,18H,4-5,11,17,19-22H2,1-3H3;1-2H3;1H2;1H. The Morgan fingerprint density at radius 3 is 2.26 bits per heavy atom. The minimum atomic E-state index is 0. The fourth-order valence-electron chi connectivity index (χ4n) is 5.08. The van der Waals surface area contributed by atoms with Gasteiger partial charge in [0.05, 0.1) is 0 Å². The maximum atomic E-state index is 5.33. The Kier molecular flexibility index (Phi) is 11.1. The zero-order valence-electron chi connectivity index (χ0n) is 23.8. The van der Waals surface area contributed by atoms with Crippen LogP contribution in [0, 0.1) is 13.8 Å². The minimum absolute atomic E-state index is 0. The highest BCUT2D eigenvalue weighted by molar-refractivity contribution is 7.23. The first-order valence-electron chi connectivity index (χ1n) is 14.1. The maximum Gasteiger partial charge on any atom is 0.124 e. The average molecular weight is 531 g/mol. The first-order valence-corrected chi connectivity index (χ1v) is 14.9. The molecule has 4 heteroatoms. The largest absolute Gasteiger partial charge is 0.412 e. The summed E-state index contributed by atoms with van der Waals surface area (Å²) >= 11 is 1.90. The molecule has 0 saturated heterocycles. The van der Waals surface area contributed by atoms with Gasteiger partial charge in [-0.2, -0.15) is 0 Å². The van der Waals surface area contributed by atoms with Crippen LogP contribution in [0.2, 0.25) is 0 Å². The van der Waals surface area contributed by atoms with Crippen molar-refractivity contribution in [1.29, 1.82) is 0 Å². The van der Waals surface area contributed by atoms with Crippen LogP contribution in [0.15, 0.2) is 71.7 Å². The molecule has 0 fully saturated rings. The summed E-state index contributed by atoms with van der Waals surface area (Å²) < 4.78 is 1.44. The quantitative estimate of drug-likeness (QED) is 0.213. The molecule has 204 valence electrons. The van der Waals surface area contributed by atoms with Crippen molar-refractivity contribution in [3.05, 3.63) is 100 Å². The molecule has 2 heterocycles. The van der Waals surface area contributed by atoms with Crippen molar-refractivity contribution in [2.24, 2.45) is 4.99 Å². The predicted molar refractivity (Wildman–Crippen MR) is 169 cm³/mol. The Morgan fingerprint density at radius 1 is 0.842 bits per heavy atom. The first-order chi connectivity index (χ1) is 18.1. The van der Waals surface area contributed by atoms with Crippen molar-refractivity contribution >= 4 is 32.3 Å². The molecular weight excluding hydrogens is 484 g/mol. The van der Waals surface area contributed by atoms with Gasteiger partial charge in [0.15, 0.2) is 0 Å². The molecule has 2 N–H and O–H groups in total. The van der Waals surface area contributed by atoms with E-state index >= 15 is 0 Å². The Hall–Kier alpha value is -2.95. The molecule has 0 spiro atoms. The summed E-state index contributed by atoms with van der Waals surface area (Å²) in [5.41, 5.74) is 8.44. The number of rotatable bonds is 9. The second kappa shape index (κ2) is 14.3. The normalized spacial score (nSPS) is 12.3. The molecule has 1 aromatic heterocycles. The number of hydrogen-bond acceptors (Lipinski definition) is 3. The SMILES string of the molecule is CC.CCCCc1ccc(C)c2sc3c(c12)CN(CCc1ccc(C)cc1)C(CCc1ccccc1)=N3.O.[HH]. The Bertz CT molecular complexity index is 1330. The van der Waals surface area contributed by atoms with Crippen molar-refractivity contribution < 1.29 is 6.90 Å². The second-order valence-corrected chi connectivity index (χ2v) is 10.9. The fourth-order valence-corrected chi connectivity index (χ4v) is 6.30. The van der Waals surface area contributed by atoms with Crippen LogP contribution in [0.4, 0.5) is 5.00 Å². The van der Waals surface area contributed by atoms with E-state index < -0.39 is 0 Å². The summed E-state index contributed by atoms with van der Waals surface area (Å²) in [5.74, 6) is 1.24. The van der Waals surface area contributed by atoms with Crippen LogP contribution in [0.25, 0.3) is 10.1 Å². The van der Waals surface area contributed by atoms with Crippen molar-refractivity contribution in [2.45, 2.75) is 79.7 Å². The van der Waals surface area contributed by atoms with E-state index in [4.69, 9.17) is 4.99 Å². The lowest BCUT2D eigenvalue weighted by Gasteiger charge is -2.30. The highest BCUT2D eigenvalue weighted by Crippen LogP contribution is 2.44.